The van der Waals surface area contributed by atoms with Crippen molar-refractivity contribution in [1.29, 1.82) is 0 Å². The number of phosphoric acid groups is 2. The predicted molar refractivity (Wildman–Crippen MR) is 409 cm³/mol. The molecule has 0 rings (SSSR count). The van der Waals surface area contributed by atoms with Crippen molar-refractivity contribution in [3.63, 3.8) is 0 Å². The lowest BCUT2D eigenvalue weighted by Crippen LogP contribution is -2.30. The quantitative estimate of drug-likeness (QED) is 0.0222. The second-order valence-electron chi connectivity index (χ2n) is 29.9. The topological polar surface area (TPSA) is 237 Å². The lowest BCUT2D eigenvalue weighted by Gasteiger charge is -2.21. The molecule has 19 heteroatoms. The maximum Gasteiger partial charge on any atom is 0.472 e. The van der Waals surface area contributed by atoms with Gasteiger partial charge in [-0.3, -0.25) is 37.3 Å². The first kappa shape index (κ1) is 98.1. The standard InChI is InChI=1S/C81H158O17P2/c1-7-10-12-14-16-18-20-22-28-33-36-40-44-51-57-63-78(83)91-69-76(97-80(85)66-60-54-46-42-38-34-30-27-25-24-26-29-31-35-39-43-49-55-61-73(4)5)71-95-99(87,88)93-67-75(82)68-94-100(89,90)96-72-77(70-92-79(84)64-58-52-48-47-50-56-62-74(6)9-3)98-81(86)65-59-53-45-41-37-32-23-21-19-17-15-13-11-8-2/h73-77,82H,7-72H2,1-6H3,(H,87,88)(H,89,90)/t74?,75-,76-,77-/m1/s1. The molecule has 0 fully saturated rings. The highest BCUT2D eigenvalue weighted by molar-refractivity contribution is 7.47. The summed E-state index contributed by atoms with van der Waals surface area (Å²) in [5.74, 6) is -0.557. The Balaban J connectivity index is 5.22. The number of phosphoric ester groups is 2. The van der Waals surface area contributed by atoms with E-state index in [0.717, 1.165) is 108 Å². The molecular formula is C81H158O17P2. The highest BCUT2D eigenvalue weighted by Crippen LogP contribution is 2.45. The SMILES string of the molecule is CCCCCCCCCCCCCCCCCC(=O)OC[C@H](COP(=O)(O)OC[C@@H](O)COP(=O)(O)OC[C@@H](COC(=O)CCCCCCCCC(C)CC)OC(=O)CCCCCCCCCCCCCCCC)OC(=O)CCCCCCCCCCCCCCCCCCCCC(C)C. The number of rotatable bonds is 80. The van der Waals surface area contributed by atoms with Gasteiger partial charge in [-0.15, -0.1) is 0 Å². The smallest absolute Gasteiger partial charge is 0.462 e. The molecule has 0 aliphatic heterocycles. The van der Waals surface area contributed by atoms with Crippen molar-refractivity contribution in [3.05, 3.63) is 0 Å². The van der Waals surface area contributed by atoms with Crippen LogP contribution in [0.2, 0.25) is 0 Å². The summed E-state index contributed by atoms with van der Waals surface area (Å²) in [6, 6.07) is 0. The fourth-order valence-electron chi connectivity index (χ4n) is 12.5. The number of hydrogen-bond donors (Lipinski definition) is 3. The molecule has 0 aromatic rings. The zero-order chi connectivity index (χ0) is 73.5. The Morgan fingerprint density at radius 2 is 0.510 bits per heavy atom. The Morgan fingerprint density at radius 3 is 0.760 bits per heavy atom. The number of aliphatic hydroxyl groups excluding tert-OH is 1. The Kier molecular flexibility index (Phi) is 71.2. The van der Waals surface area contributed by atoms with Crippen molar-refractivity contribution < 1.29 is 80.2 Å². The first-order valence-corrected chi connectivity index (χ1v) is 45.0. The maximum atomic E-state index is 13.1. The van der Waals surface area contributed by atoms with Crippen LogP contribution in [0, 0.1) is 11.8 Å². The average Bonchev–Trinajstić information content (AvgIpc) is 1.03. The van der Waals surface area contributed by atoms with Crippen LogP contribution in [0.15, 0.2) is 0 Å². The highest BCUT2D eigenvalue weighted by atomic mass is 31.2. The van der Waals surface area contributed by atoms with Crippen molar-refractivity contribution in [2.45, 2.75) is 445 Å². The lowest BCUT2D eigenvalue weighted by atomic mass is 10.00. The van der Waals surface area contributed by atoms with Gasteiger partial charge < -0.3 is 33.8 Å². The Bertz CT molecular complexity index is 1930. The fraction of sp³-hybridized carbons (Fsp3) is 0.951. The molecule has 100 heavy (non-hydrogen) atoms. The monoisotopic (exact) mass is 1470 g/mol. The van der Waals surface area contributed by atoms with Gasteiger partial charge >= 0.3 is 39.5 Å². The van der Waals surface area contributed by atoms with E-state index in [1.165, 1.54) is 238 Å². The Hall–Kier alpha value is -1.94. The van der Waals surface area contributed by atoms with Crippen LogP contribution < -0.4 is 0 Å². The molecule has 0 aromatic carbocycles. The molecule has 3 N–H and O–H groups in total. The molecule has 17 nitrogen and oxygen atoms in total. The summed E-state index contributed by atoms with van der Waals surface area (Å²) in [5, 5.41) is 10.6. The normalized spacial score (nSPS) is 14.2. The molecule has 0 saturated heterocycles. The van der Waals surface area contributed by atoms with Crippen LogP contribution in [-0.2, 0) is 65.4 Å². The number of esters is 4. The summed E-state index contributed by atoms with van der Waals surface area (Å²) < 4.78 is 68.7. The molecular weight excluding hydrogens is 1310 g/mol. The van der Waals surface area contributed by atoms with Crippen molar-refractivity contribution in [2.75, 3.05) is 39.6 Å². The molecule has 3 unspecified atom stereocenters. The van der Waals surface area contributed by atoms with E-state index >= 15 is 0 Å². The lowest BCUT2D eigenvalue weighted by molar-refractivity contribution is -0.161. The van der Waals surface area contributed by atoms with Gasteiger partial charge in [0.1, 0.15) is 19.3 Å². The molecule has 0 aromatic heterocycles. The fourth-order valence-corrected chi connectivity index (χ4v) is 14.1. The van der Waals surface area contributed by atoms with Crippen LogP contribution in [0.25, 0.3) is 0 Å². The minimum atomic E-state index is -4.96. The third-order valence-electron chi connectivity index (χ3n) is 19.3. The van der Waals surface area contributed by atoms with E-state index in [1.54, 1.807) is 0 Å². The number of carbonyl (C=O) groups excluding carboxylic acids is 4. The third-order valence-corrected chi connectivity index (χ3v) is 21.2. The van der Waals surface area contributed by atoms with E-state index in [-0.39, 0.29) is 25.7 Å². The van der Waals surface area contributed by atoms with Gasteiger partial charge in [0.05, 0.1) is 26.4 Å². The van der Waals surface area contributed by atoms with Crippen LogP contribution in [0.3, 0.4) is 0 Å². The van der Waals surface area contributed by atoms with Gasteiger partial charge in [0.25, 0.3) is 0 Å². The van der Waals surface area contributed by atoms with Crippen molar-refractivity contribution in [3.8, 4) is 0 Å². The molecule has 0 radical (unpaired) electrons. The van der Waals surface area contributed by atoms with Crippen molar-refractivity contribution in [1.82, 2.24) is 0 Å². The predicted octanol–water partition coefficient (Wildman–Crippen LogP) is 24.3. The maximum absolute atomic E-state index is 13.1. The molecule has 0 aliphatic rings. The van der Waals surface area contributed by atoms with E-state index < -0.39 is 97.5 Å². The Morgan fingerprint density at radius 1 is 0.290 bits per heavy atom. The first-order valence-electron chi connectivity index (χ1n) is 42.0. The molecule has 0 bridgehead atoms. The van der Waals surface area contributed by atoms with Crippen molar-refractivity contribution in [2.24, 2.45) is 11.8 Å². The van der Waals surface area contributed by atoms with Crippen LogP contribution in [0.1, 0.15) is 427 Å². The summed E-state index contributed by atoms with van der Waals surface area (Å²) in [5.41, 5.74) is 0. The molecule has 0 amide bonds. The van der Waals surface area contributed by atoms with Crippen LogP contribution >= 0.6 is 15.6 Å². The summed E-state index contributed by atoms with van der Waals surface area (Å²) in [7, 11) is -9.92. The molecule has 594 valence electrons. The van der Waals surface area contributed by atoms with Gasteiger partial charge in [0.2, 0.25) is 0 Å². The molecule has 0 heterocycles. The average molecular weight is 1470 g/mol. The van der Waals surface area contributed by atoms with Crippen LogP contribution in [-0.4, -0.2) is 96.7 Å². The third kappa shape index (κ3) is 73.0. The van der Waals surface area contributed by atoms with E-state index in [4.69, 9.17) is 37.0 Å². The van der Waals surface area contributed by atoms with Crippen LogP contribution in [0.4, 0.5) is 0 Å². The van der Waals surface area contributed by atoms with Gasteiger partial charge in [-0.25, -0.2) is 9.13 Å². The molecule has 0 saturated carbocycles. The minimum Gasteiger partial charge on any atom is -0.462 e. The summed E-state index contributed by atoms with van der Waals surface area (Å²) in [4.78, 5) is 73.0. The van der Waals surface area contributed by atoms with E-state index in [1.807, 2.05) is 0 Å². The molecule has 6 atom stereocenters. The number of ether oxygens (including phenoxy) is 4. The Labute approximate surface area is 613 Å². The summed E-state index contributed by atoms with van der Waals surface area (Å²) in [6.45, 7) is 9.64. The largest absolute Gasteiger partial charge is 0.472 e. The number of aliphatic hydroxyl groups is 1. The zero-order valence-corrected chi connectivity index (χ0v) is 67.3. The summed E-state index contributed by atoms with van der Waals surface area (Å²) >= 11 is 0. The molecule has 0 aliphatic carbocycles. The van der Waals surface area contributed by atoms with Crippen LogP contribution in [0.5, 0.6) is 0 Å². The van der Waals surface area contributed by atoms with Gasteiger partial charge in [-0.05, 0) is 37.5 Å². The zero-order valence-electron chi connectivity index (χ0n) is 65.5. The van der Waals surface area contributed by atoms with E-state index in [2.05, 4.69) is 41.5 Å². The van der Waals surface area contributed by atoms with Gasteiger partial charge in [-0.1, -0.05) is 375 Å². The van der Waals surface area contributed by atoms with Gasteiger partial charge in [0.15, 0.2) is 12.2 Å². The van der Waals surface area contributed by atoms with Gasteiger partial charge in [0, 0.05) is 25.7 Å². The van der Waals surface area contributed by atoms with E-state index in [9.17, 15) is 43.2 Å². The second kappa shape index (κ2) is 72.6. The second-order valence-corrected chi connectivity index (χ2v) is 32.8. The van der Waals surface area contributed by atoms with Gasteiger partial charge in [-0.2, -0.15) is 0 Å². The number of hydrogen-bond acceptors (Lipinski definition) is 15. The van der Waals surface area contributed by atoms with Crippen molar-refractivity contribution >= 4 is 39.5 Å². The van der Waals surface area contributed by atoms with E-state index in [0.29, 0.717) is 25.7 Å². The first-order chi connectivity index (χ1) is 48.4. The number of carbonyl (C=O) groups is 4. The highest BCUT2D eigenvalue weighted by Gasteiger charge is 2.30. The molecule has 0 spiro atoms. The summed E-state index contributed by atoms with van der Waals surface area (Å²) in [6.07, 6.45) is 62.4. The number of unbranched alkanes of at least 4 members (excludes halogenated alkanes) is 49. The minimum absolute atomic E-state index is 0.107.